The zero-order valence-corrected chi connectivity index (χ0v) is 14.0. The molecule has 3 aromatic rings. The van der Waals surface area contributed by atoms with Crippen molar-refractivity contribution in [1.29, 1.82) is 0 Å². The number of nitrogens with one attached hydrogen (secondary N) is 2. The van der Waals surface area contributed by atoms with Crippen molar-refractivity contribution in [3.05, 3.63) is 96.3 Å². The third-order valence-corrected chi connectivity index (χ3v) is 4.85. The van der Waals surface area contributed by atoms with Crippen molar-refractivity contribution in [2.75, 3.05) is 5.32 Å². The highest BCUT2D eigenvalue weighted by atomic mass is 32.2. The van der Waals surface area contributed by atoms with E-state index in [0.717, 1.165) is 0 Å². The fourth-order valence-electron chi connectivity index (χ4n) is 2.25. The van der Waals surface area contributed by atoms with E-state index in [-0.39, 0.29) is 16.4 Å². The van der Waals surface area contributed by atoms with Gasteiger partial charge in [0.25, 0.3) is 5.84 Å². The number of hydrogen-bond acceptors (Lipinski definition) is 2. The number of sulfonamides is 1. The van der Waals surface area contributed by atoms with Gasteiger partial charge in [-0.15, -0.1) is 0 Å². The molecule has 0 unspecified atom stereocenters. The lowest BCUT2D eigenvalue weighted by molar-refractivity contribution is -0.266. The molecule has 0 aliphatic heterocycles. The summed E-state index contributed by atoms with van der Waals surface area (Å²) in [5.74, 6) is -0.301. The van der Waals surface area contributed by atoms with Gasteiger partial charge < -0.3 is 0 Å². The molecule has 0 aromatic heterocycles. The van der Waals surface area contributed by atoms with E-state index in [0.29, 0.717) is 5.56 Å². The molecule has 25 heavy (non-hydrogen) atoms. The van der Waals surface area contributed by atoms with Crippen molar-refractivity contribution in [2.45, 2.75) is 4.90 Å². The minimum absolute atomic E-state index is 0.124. The van der Waals surface area contributed by atoms with E-state index in [1.54, 1.807) is 54.6 Å². The summed E-state index contributed by atoms with van der Waals surface area (Å²) in [6.45, 7) is 0. The minimum atomic E-state index is -3.81. The summed E-state index contributed by atoms with van der Waals surface area (Å²) < 4.78 is 41.7. The highest BCUT2D eigenvalue weighted by molar-refractivity contribution is 7.84. The molecule has 0 spiro atoms. The van der Waals surface area contributed by atoms with Crippen LogP contribution < -0.4 is 9.71 Å². The highest BCUT2D eigenvalue weighted by Gasteiger charge is 2.21. The highest BCUT2D eigenvalue weighted by Crippen LogP contribution is 2.13. The second kappa shape index (κ2) is 7.27. The maximum absolute atomic E-state index is 14.0. The molecule has 3 aromatic carbocycles. The first-order valence-corrected chi connectivity index (χ1v) is 9.06. The first-order chi connectivity index (χ1) is 12.1. The standard InChI is InChI=1S/C19H15FN2O2S/c20-17-13-7-8-14-18(17)21-19(15-9-3-1-4-10-15)22-25(23,24)16-11-5-2-6-12-16/h1-14H,(H,21,22)/p+1. The third-order valence-electron chi connectivity index (χ3n) is 3.49. The number of benzene rings is 3. The van der Waals surface area contributed by atoms with Crippen LogP contribution in [0.1, 0.15) is 5.56 Å². The van der Waals surface area contributed by atoms with Gasteiger partial charge in [0, 0.05) is 0 Å². The van der Waals surface area contributed by atoms with Crippen LogP contribution in [0.3, 0.4) is 0 Å². The molecule has 0 bridgehead atoms. The molecule has 0 saturated heterocycles. The van der Waals surface area contributed by atoms with Crippen LogP contribution >= 0.6 is 0 Å². The Hall–Kier alpha value is -2.99. The molecule has 0 saturated carbocycles. The predicted octanol–water partition coefficient (Wildman–Crippen LogP) is 2.15. The van der Waals surface area contributed by atoms with Crippen molar-refractivity contribution < 1.29 is 17.2 Å². The Morgan fingerprint density at radius 3 is 2.00 bits per heavy atom. The van der Waals surface area contributed by atoms with Crippen LogP contribution in [-0.2, 0) is 10.0 Å². The van der Waals surface area contributed by atoms with Crippen LogP contribution in [0, 0.1) is 5.82 Å². The van der Waals surface area contributed by atoms with Crippen molar-refractivity contribution in [2.24, 2.45) is 0 Å². The van der Waals surface area contributed by atoms with E-state index in [1.165, 1.54) is 24.3 Å². The number of rotatable bonds is 4. The van der Waals surface area contributed by atoms with E-state index in [1.807, 2.05) is 6.07 Å². The third kappa shape index (κ3) is 4.10. The van der Waals surface area contributed by atoms with E-state index in [9.17, 15) is 12.8 Å². The largest absolute Gasteiger partial charge is 0.328 e. The predicted molar refractivity (Wildman–Crippen MR) is 95.2 cm³/mol. The first kappa shape index (κ1) is 16.9. The lowest BCUT2D eigenvalue weighted by Crippen LogP contribution is -2.78. The molecule has 0 radical (unpaired) electrons. The smallest absolute Gasteiger partial charge is 0.237 e. The Balaban J connectivity index is 2.07. The Morgan fingerprint density at radius 2 is 1.36 bits per heavy atom. The molecular formula is C19H16FN2O2S+. The number of anilines is 1. The van der Waals surface area contributed by atoms with E-state index in [2.05, 4.69) is 9.71 Å². The fraction of sp³-hybridized carbons (Fsp3) is 0. The summed E-state index contributed by atoms with van der Waals surface area (Å²) in [4.78, 5) is 0.124. The molecule has 6 heteroatoms. The van der Waals surface area contributed by atoms with Gasteiger partial charge in [0.05, 0.1) is 5.56 Å². The van der Waals surface area contributed by atoms with Gasteiger partial charge in [0.2, 0.25) is 0 Å². The Morgan fingerprint density at radius 1 is 0.800 bits per heavy atom. The van der Waals surface area contributed by atoms with Gasteiger partial charge >= 0.3 is 10.0 Å². The summed E-state index contributed by atoms with van der Waals surface area (Å²) >= 11 is 0. The Bertz CT molecular complexity index is 988. The molecule has 0 amide bonds. The van der Waals surface area contributed by atoms with Crippen LogP contribution in [0.15, 0.2) is 89.8 Å². The number of halogens is 1. The topological polar surface area (TPSA) is 60.1 Å². The zero-order valence-electron chi connectivity index (χ0n) is 13.2. The summed E-state index contributed by atoms with van der Waals surface area (Å²) in [6.07, 6.45) is 0. The van der Waals surface area contributed by atoms with Crippen LogP contribution in [0.5, 0.6) is 0 Å². The minimum Gasteiger partial charge on any atom is -0.237 e. The lowest BCUT2D eigenvalue weighted by atomic mass is 10.2. The molecular weight excluding hydrogens is 339 g/mol. The van der Waals surface area contributed by atoms with Gasteiger partial charge in [0.15, 0.2) is 11.5 Å². The summed E-state index contributed by atoms with van der Waals surface area (Å²) in [6, 6.07) is 22.9. The zero-order chi connectivity index (χ0) is 17.7. The average molecular weight is 355 g/mol. The van der Waals surface area contributed by atoms with E-state index >= 15 is 0 Å². The maximum Gasteiger partial charge on any atom is 0.328 e. The quantitative estimate of drug-likeness (QED) is 0.557. The second-order valence-corrected chi connectivity index (χ2v) is 6.95. The lowest BCUT2D eigenvalue weighted by Gasteiger charge is -2.05. The molecule has 0 heterocycles. The van der Waals surface area contributed by atoms with E-state index < -0.39 is 15.8 Å². The van der Waals surface area contributed by atoms with Gasteiger partial charge in [0.1, 0.15) is 4.90 Å². The molecule has 2 N–H and O–H groups in total. The fourth-order valence-corrected chi connectivity index (χ4v) is 3.32. The molecule has 4 nitrogen and oxygen atoms in total. The Labute approximate surface area is 145 Å². The number of hydrogen-bond donors (Lipinski definition) is 2. The van der Waals surface area contributed by atoms with Crippen LogP contribution in [-0.4, -0.2) is 14.3 Å². The molecule has 0 aliphatic carbocycles. The molecule has 3 rings (SSSR count). The summed E-state index contributed by atoms with van der Waals surface area (Å²) in [7, 11) is -3.81. The average Bonchev–Trinajstić information content (AvgIpc) is 2.64. The van der Waals surface area contributed by atoms with Gasteiger partial charge in [-0.25, -0.2) is 9.71 Å². The maximum atomic E-state index is 14.0. The van der Waals surface area contributed by atoms with Crippen molar-refractivity contribution in [3.63, 3.8) is 0 Å². The summed E-state index contributed by atoms with van der Waals surface area (Å²) in [5, 5.41) is 2.84. The van der Waals surface area contributed by atoms with Crippen molar-refractivity contribution >= 4 is 21.5 Å². The summed E-state index contributed by atoms with van der Waals surface area (Å²) in [5.41, 5.74) is 0.766. The van der Waals surface area contributed by atoms with Crippen LogP contribution in [0.2, 0.25) is 0 Å². The molecule has 0 fully saturated rings. The van der Waals surface area contributed by atoms with Crippen molar-refractivity contribution in [3.8, 4) is 0 Å². The number of para-hydroxylation sites is 1. The Kier molecular flexibility index (Phi) is 4.90. The van der Waals surface area contributed by atoms with Gasteiger partial charge in [-0.1, -0.05) is 48.5 Å². The van der Waals surface area contributed by atoms with Crippen LogP contribution in [0.4, 0.5) is 10.1 Å². The van der Waals surface area contributed by atoms with Crippen molar-refractivity contribution in [1.82, 2.24) is 0 Å². The first-order valence-electron chi connectivity index (χ1n) is 7.58. The van der Waals surface area contributed by atoms with Gasteiger partial charge in [-0.2, -0.15) is 12.8 Å². The molecule has 0 aliphatic rings. The normalized spacial score (nSPS) is 12.0. The molecule has 0 atom stereocenters. The second-order valence-electron chi connectivity index (χ2n) is 5.26. The monoisotopic (exact) mass is 355 g/mol. The van der Waals surface area contributed by atoms with Crippen LogP contribution in [0.25, 0.3) is 0 Å². The van der Waals surface area contributed by atoms with Gasteiger partial charge in [-0.3, -0.25) is 0 Å². The van der Waals surface area contributed by atoms with Gasteiger partial charge in [-0.05, 0) is 36.4 Å². The number of amidine groups is 1. The SMILES string of the molecule is O=S(=O)([NH+]=C(Nc1ccccc1F)c1ccccc1)c1ccccc1. The van der Waals surface area contributed by atoms with E-state index in [4.69, 9.17) is 0 Å². The molecule has 126 valence electrons.